The molecule has 0 saturated heterocycles. The van der Waals surface area contributed by atoms with Gasteiger partial charge in [0.05, 0.1) is 12.5 Å². The highest BCUT2D eigenvalue weighted by Crippen LogP contribution is 2.26. The molecule has 0 radical (unpaired) electrons. The van der Waals surface area contributed by atoms with Crippen molar-refractivity contribution in [3.8, 4) is 0 Å². The largest absolute Gasteiger partial charge is 0.466 e. The molecule has 1 rings (SSSR count). The average Bonchev–Trinajstić information content (AvgIpc) is 2.66. The standard InChI is InChI=1S/C13H25NO2/c1-4-16-13(15)11-6-5-7-12(11)14-9-8-10(2)3/h10-12,14H,4-9H2,1-3H3/t11-,12+/m0/s1. The van der Waals surface area contributed by atoms with Gasteiger partial charge < -0.3 is 10.1 Å². The van der Waals surface area contributed by atoms with Crippen LogP contribution in [0, 0.1) is 11.8 Å². The Morgan fingerprint density at radius 1 is 1.44 bits per heavy atom. The van der Waals surface area contributed by atoms with Crippen LogP contribution < -0.4 is 5.32 Å². The van der Waals surface area contributed by atoms with Crippen molar-refractivity contribution >= 4 is 5.97 Å². The number of rotatable bonds is 6. The minimum atomic E-state index is -0.0120. The van der Waals surface area contributed by atoms with Gasteiger partial charge in [0.15, 0.2) is 0 Å². The maximum atomic E-state index is 11.7. The van der Waals surface area contributed by atoms with E-state index >= 15 is 0 Å². The van der Waals surface area contributed by atoms with Gasteiger partial charge in [-0.25, -0.2) is 0 Å². The lowest BCUT2D eigenvalue weighted by Crippen LogP contribution is -2.38. The van der Waals surface area contributed by atoms with Crippen LogP contribution >= 0.6 is 0 Å². The third-order valence-electron chi connectivity index (χ3n) is 3.23. The molecule has 16 heavy (non-hydrogen) atoms. The second-order valence-electron chi connectivity index (χ2n) is 5.03. The summed E-state index contributed by atoms with van der Waals surface area (Å²) in [6, 6.07) is 0.345. The Balaban J connectivity index is 2.31. The number of carbonyl (C=O) groups is 1. The lowest BCUT2D eigenvalue weighted by molar-refractivity contribution is -0.148. The van der Waals surface area contributed by atoms with Crippen molar-refractivity contribution in [3.63, 3.8) is 0 Å². The van der Waals surface area contributed by atoms with Gasteiger partial charge in [-0.2, -0.15) is 0 Å². The second kappa shape index (κ2) is 6.89. The first-order chi connectivity index (χ1) is 7.65. The summed E-state index contributed by atoms with van der Waals surface area (Å²) < 4.78 is 5.10. The number of ether oxygens (including phenoxy) is 1. The molecule has 1 aliphatic carbocycles. The van der Waals surface area contributed by atoms with Gasteiger partial charge in [-0.15, -0.1) is 0 Å². The van der Waals surface area contributed by atoms with E-state index in [1.165, 1.54) is 6.42 Å². The zero-order valence-corrected chi connectivity index (χ0v) is 10.8. The Labute approximate surface area is 98.9 Å². The second-order valence-corrected chi connectivity index (χ2v) is 5.03. The summed E-state index contributed by atoms with van der Waals surface area (Å²) >= 11 is 0. The Morgan fingerprint density at radius 3 is 2.81 bits per heavy atom. The van der Waals surface area contributed by atoms with E-state index in [4.69, 9.17) is 4.74 Å². The monoisotopic (exact) mass is 227 g/mol. The fourth-order valence-corrected chi connectivity index (χ4v) is 2.29. The summed E-state index contributed by atoms with van der Waals surface area (Å²) in [7, 11) is 0. The molecule has 0 unspecified atom stereocenters. The first-order valence-electron chi connectivity index (χ1n) is 6.55. The predicted octanol–water partition coefficient (Wildman–Crippen LogP) is 2.35. The first kappa shape index (κ1) is 13.5. The van der Waals surface area contributed by atoms with Crippen LogP contribution in [0.15, 0.2) is 0 Å². The van der Waals surface area contributed by atoms with Crippen LogP contribution in [0.3, 0.4) is 0 Å². The van der Waals surface area contributed by atoms with Crippen molar-refractivity contribution in [3.05, 3.63) is 0 Å². The molecular weight excluding hydrogens is 202 g/mol. The van der Waals surface area contributed by atoms with Gasteiger partial charge >= 0.3 is 5.97 Å². The number of hydrogen-bond donors (Lipinski definition) is 1. The quantitative estimate of drug-likeness (QED) is 0.708. The van der Waals surface area contributed by atoms with Crippen molar-refractivity contribution in [2.75, 3.05) is 13.2 Å². The molecule has 2 atom stereocenters. The van der Waals surface area contributed by atoms with Crippen LogP contribution in [0.1, 0.15) is 46.5 Å². The average molecular weight is 227 g/mol. The van der Waals surface area contributed by atoms with Gasteiger partial charge in [0, 0.05) is 6.04 Å². The third-order valence-corrected chi connectivity index (χ3v) is 3.23. The Bertz CT molecular complexity index is 216. The number of esters is 1. The molecule has 1 fully saturated rings. The van der Waals surface area contributed by atoms with E-state index in [9.17, 15) is 4.79 Å². The van der Waals surface area contributed by atoms with Crippen LogP contribution in [0.2, 0.25) is 0 Å². The van der Waals surface area contributed by atoms with Crippen LogP contribution in [0.4, 0.5) is 0 Å². The van der Waals surface area contributed by atoms with E-state index < -0.39 is 0 Å². The van der Waals surface area contributed by atoms with Crippen molar-refractivity contribution < 1.29 is 9.53 Å². The topological polar surface area (TPSA) is 38.3 Å². The zero-order chi connectivity index (χ0) is 12.0. The smallest absolute Gasteiger partial charge is 0.310 e. The third kappa shape index (κ3) is 4.12. The van der Waals surface area contributed by atoms with Crippen molar-refractivity contribution in [2.24, 2.45) is 11.8 Å². The molecule has 1 N–H and O–H groups in total. The van der Waals surface area contributed by atoms with Gasteiger partial charge in [-0.3, -0.25) is 4.79 Å². The predicted molar refractivity (Wildman–Crippen MR) is 65.2 cm³/mol. The number of carbonyl (C=O) groups excluding carboxylic acids is 1. The first-order valence-corrected chi connectivity index (χ1v) is 6.55. The molecular formula is C13H25NO2. The van der Waals surface area contributed by atoms with E-state index in [0.717, 1.165) is 31.7 Å². The summed E-state index contributed by atoms with van der Waals surface area (Å²) in [6.45, 7) is 7.82. The summed E-state index contributed by atoms with van der Waals surface area (Å²) in [5.74, 6) is 0.795. The molecule has 0 amide bonds. The molecule has 0 heterocycles. The summed E-state index contributed by atoms with van der Waals surface area (Å²) in [5.41, 5.74) is 0. The van der Waals surface area contributed by atoms with Crippen LogP contribution in [0.25, 0.3) is 0 Å². The van der Waals surface area contributed by atoms with Crippen LogP contribution in [-0.2, 0) is 9.53 Å². The summed E-state index contributed by atoms with van der Waals surface area (Å²) in [5, 5.41) is 3.50. The molecule has 0 aromatic heterocycles. The maximum absolute atomic E-state index is 11.7. The molecule has 0 bridgehead atoms. The number of nitrogens with one attached hydrogen (secondary N) is 1. The lowest BCUT2D eigenvalue weighted by Gasteiger charge is -2.20. The van der Waals surface area contributed by atoms with Crippen molar-refractivity contribution in [1.29, 1.82) is 0 Å². The maximum Gasteiger partial charge on any atom is 0.310 e. The van der Waals surface area contributed by atoms with E-state index in [0.29, 0.717) is 12.6 Å². The highest BCUT2D eigenvalue weighted by molar-refractivity contribution is 5.73. The van der Waals surface area contributed by atoms with E-state index in [1.807, 2.05) is 6.92 Å². The molecule has 0 aromatic rings. The van der Waals surface area contributed by atoms with Gasteiger partial charge in [-0.1, -0.05) is 20.3 Å². The van der Waals surface area contributed by atoms with Gasteiger partial charge in [0.2, 0.25) is 0 Å². The number of hydrogen-bond acceptors (Lipinski definition) is 3. The minimum Gasteiger partial charge on any atom is -0.466 e. The van der Waals surface area contributed by atoms with E-state index in [2.05, 4.69) is 19.2 Å². The SMILES string of the molecule is CCOC(=O)[C@H]1CCC[C@H]1NCCC(C)C. The van der Waals surface area contributed by atoms with Crippen molar-refractivity contribution in [2.45, 2.75) is 52.5 Å². The lowest BCUT2D eigenvalue weighted by atomic mass is 10.0. The Kier molecular flexibility index (Phi) is 5.81. The normalized spacial score (nSPS) is 25.0. The minimum absolute atomic E-state index is 0.0120. The molecule has 0 spiro atoms. The Morgan fingerprint density at radius 2 is 2.19 bits per heavy atom. The van der Waals surface area contributed by atoms with E-state index in [-0.39, 0.29) is 11.9 Å². The van der Waals surface area contributed by atoms with Crippen LogP contribution in [-0.4, -0.2) is 25.2 Å². The van der Waals surface area contributed by atoms with Crippen LogP contribution in [0.5, 0.6) is 0 Å². The van der Waals surface area contributed by atoms with Gasteiger partial charge in [0.25, 0.3) is 0 Å². The molecule has 3 nitrogen and oxygen atoms in total. The zero-order valence-electron chi connectivity index (χ0n) is 10.8. The highest BCUT2D eigenvalue weighted by Gasteiger charge is 2.33. The molecule has 3 heteroatoms. The summed E-state index contributed by atoms with van der Waals surface area (Å²) in [4.78, 5) is 11.7. The molecule has 0 aliphatic heterocycles. The van der Waals surface area contributed by atoms with Gasteiger partial charge in [0.1, 0.15) is 0 Å². The summed E-state index contributed by atoms with van der Waals surface area (Å²) in [6.07, 6.45) is 4.41. The van der Waals surface area contributed by atoms with Gasteiger partial charge in [-0.05, 0) is 38.6 Å². The molecule has 1 saturated carbocycles. The molecule has 0 aromatic carbocycles. The fourth-order valence-electron chi connectivity index (χ4n) is 2.29. The molecule has 1 aliphatic rings. The fraction of sp³-hybridized carbons (Fsp3) is 0.923. The highest BCUT2D eigenvalue weighted by atomic mass is 16.5. The Hall–Kier alpha value is -0.570. The van der Waals surface area contributed by atoms with E-state index in [1.54, 1.807) is 0 Å². The van der Waals surface area contributed by atoms with Crippen molar-refractivity contribution in [1.82, 2.24) is 5.32 Å². The molecule has 94 valence electrons.